The van der Waals surface area contributed by atoms with Crippen molar-refractivity contribution < 1.29 is 13.9 Å². The first-order valence-electron chi connectivity index (χ1n) is 6.61. The lowest BCUT2D eigenvalue weighted by Gasteiger charge is -2.24. The first-order valence-corrected chi connectivity index (χ1v) is 6.61. The molecule has 0 spiro atoms. The second-order valence-electron chi connectivity index (χ2n) is 4.91. The van der Waals surface area contributed by atoms with Gasteiger partial charge in [-0.05, 0) is 12.0 Å². The maximum atomic E-state index is 14.1. The number of ether oxygens (including phenoxy) is 1. The summed E-state index contributed by atoms with van der Waals surface area (Å²) in [5.74, 6) is -0.588. The van der Waals surface area contributed by atoms with Gasteiger partial charge in [0, 0.05) is 33.4 Å². The summed E-state index contributed by atoms with van der Waals surface area (Å²) in [5, 5.41) is 2.63. The maximum Gasteiger partial charge on any atom is 0.257 e. The van der Waals surface area contributed by atoms with Crippen molar-refractivity contribution >= 4 is 11.7 Å². The number of hydrogen-bond donors (Lipinski definition) is 1. The number of amides is 1. The SMILES string of the molecule is CNc1nccc(C(=O)N(CCOC)CC(C)C)c1F. The Balaban J connectivity index is 2.98. The number of pyridine rings is 1. The van der Waals surface area contributed by atoms with E-state index in [2.05, 4.69) is 10.3 Å². The van der Waals surface area contributed by atoms with Gasteiger partial charge in [-0.3, -0.25) is 4.79 Å². The number of methoxy groups -OCH3 is 1. The molecule has 0 aliphatic rings. The lowest BCUT2D eigenvalue weighted by atomic mass is 10.1. The fraction of sp³-hybridized carbons (Fsp3) is 0.571. The lowest BCUT2D eigenvalue weighted by molar-refractivity contribution is 0.0667. The number of carbonyl (C=O) groups is 1. The zero-order valence-electron chi connectivity index (χ0n) is 12.4. The van der Waals surface area contributed by atoms with Crippen LogP contribution in [0.25, 0.3) is 0 Å². The van der Waals surface area contributed by atoms with Gasteiger partial charge in [0.25, 0.3) is 5.91 Å². The molecule has 1 amide bonds. The minimum atomic E-state index is -0.619. The van der Waals surface area contributed by atoms with E-state index in [0.717, 1.165) is 0 Å². The van der Waals surface area contributed by atoms with Crippen LogP contribution in [0, 0.1) is 11.7 Å². The summed E-state index contributed by atoms with van der Waals surface area (Å²) in [5.41, 5.74) is 0.0288. The van der Waals surface area contributed by atoms with E-state index in [9.17, 15) is 9.18 Å². The van der Waals surface area contributed by atoms with E-state index in [1.807, 2.05) is 13.8 Å². The molecule has 1 rings (SSSR count). The van der Waals surface area contributed by atoms with Crippen LogP contribution in [-0.2, 0) is 4.74 Å². The molecule has 0 atom stereocenters. The van der Waals surface area contributed by atoms with Crippen molar-refractivity contribution in [3.8, 4) is 0 Å². The molecular formula is C14H22FN3O2. The van der Waals surface area contributed by atoms with Gasteiger partial charge < -0.3 is 15.0 Å². The Hall–Kier alpha value is -1.69. The number of aromatic nitrogens is 1. The molecule has 1 aromatic heterocycles. The van der Waals surface area contributed by atoms with E-state index in [1.165, 1.54) is 12.3 Å². The molecule has 0 bridgehead atoms. The third-order valence-electron chi connectivity index (χ3n) is 2.79. The van der Waals surface area contributed by atoms with Crippen LogP contribution in [0.2, 0.25) is 0 Å². The lowest BCUT2D eigenvalue weighted by Crippen LogP contribution is -2.37. The summed E-state index contributed by atoms with van der Waals surface area (Å²) in [6, 6.07) is 1.40. The number of halogens is 1. The van der Waals surface area contributed by atoms with E-state index in [0.29, 0.717) is 25.6 Å². The average Bonchev–Trinajstić information content (AvgIpc) is 2.42. The number of nitrogens with one attached hydrogen (secondary N) is 1. The molecule has 0 fully saturated rings. The quantitative estimate of drug-likeness (QED) is 0.831. The summed E-state index contributed by atoms with van der Waals surface area (Å²) >= 11 is 0. The summed E-state index contributed by atoms with van der Waals surface area (Å²) < 4.78 is 19.1. The third-order valence-corrected chi connectivity index (χ3v) is 2.79. The standard InChI is InChI=1S/C14H22FN3O2/c1-10(2)9-18(7-8-20-4)14(19)11-5-6-17-13(16-3)12(11)15/h5-6,10H,7-9H2,1-4H3,(H,16,17). The molecule has 1 aromatic rings. The van der Waals surface area contributed by atoms with Gasteiger partial charge in [0.15, 0.2) is 11.6 Å². The van der Waals surface area contributed by atoms with Gasteiger partial charge in [0.05, 0.1) is 12.2 Å². The fourth-order valence-corrected chi connectivity index (χ4v) is 1.87. The molecular weight excluding hydrogens is 261 g/mol. The van der Waals surface area contributed by atoms with Crippen molar-refractivity contribution in [2.75, 3.05) is 39.2 Å². The van der Waals surface area contributed by atoms with Crippen molar-refractivity contribution in [3.63, 3.8) is 0 Å². The van der Waals surface area contributed by atoms with Crippen LogP contribution in [0.5, 0.6) is 0 Å². The van der Waals surface area contributed by atoms with Gasteiger partial charge >= 0.3 is 0 Å². The molecule has 1 N–H and O–H groups in total. The Morgan fingerprint density at radius 2 is 2.25 bits per heavy atom. The Morgan fingerprint density at radius 3 is 2.80 bits per heavy atom. The van der Waals surface area contributed by atoms with E-state index in [-0.39, 0.29) is 17.3 Å². The van der Waals surface area contributed by atoms with Crippen molar-refractivity contribution in [2.24, 2.45) is 5.92 Å². The number of nitrogens with zero attached hydrogens (tertiary/aromatic N) is 2. The highest BCUT2D eigenvalue weighted by Crippen LogP contribution is 2.17. The molecule has 0 saturated carbocycles. The van der Waals surface area contributed by atoms with Gasteiger partial charge in [0.2, 0.25) is 0 Å². The van der Waals surface area contributed by atoms with Crippen LogP contribution in [0.3, 0.4) is 0 Å². The number of carbonyl (C=O) groups excluding carboxylic acids is 1. The zero-order valence-corrected chi connectivity index (χ0v) is 12.4. The molecule has 0 aliphatic heterocycles. The van der Waals surface area contributed by atoms with Gasteiger partial charge in [-0.25, -0.2) is 9.37 Å². The van der Waals surface area contributed by atoms with Gasteiger partial charge in [-0.1, -0.05) is 13.8 Å². The molecule has 5 nitrogen and oxygen atoms in total. The highest BCUT2D eigenvalue weighted by atomic mass is 19.1. The Bertz CT molecular complexity index is 452. The predicted octanol–water partition coefficient (Wildman–Crippen LogP) is 2.01. The highest BCUT2D eigenvalue weighted by molar-refractivity contribution is 5.95. The molecule has 0 aromatic carbocycles. The molecule has 1 heterocycles. The summed E-state index contributed by atoms with van der Waals surface area (Å²) in [6.45, 7) is 5.43. The second-order valence-corrected chi connectivity index (χ2v) is 4.91. The van der Waals surface area contributed by atoms with Gasteiger partial charge in [0.1, 0.15) is 0 Å². The minimum absolute atomic E-state index is 0.0288. The Kier molecular flexibility index (Phi) is 6.38. The topological polar surface area (TPSA) is 54.5 Å². The molecule has 0 unspecified atom stereocenters. The van der Waals surface area contributed by atoms with E-state index in [1.54, 1.807) is 19.1 Å². The van der Waals surface area contributed by atoms with Crippen molar-refractivity contribution in [3.05, 3.63) is 23.6 Å². The maximum absolute atomic E-state index is 14.1. The normalized spacial score (nSPS) is 10.7. The molecule has 6 heteroatoms. The molecule has 0 radical (unpaired) electrons. The van der Waals surface area contributed by atoms with Gasteiger partial charge in [-0.2, -0.15) is 0 Å². The monoisotopic (exact) mass is 283 g/mol. The zero-order chi connectivity index (χ0) is 15.1. The van der Waals surface area contributed by atoms with Crippen LogP contribution in [0.4, 0.5) is 10.2 Å². The minimum Gasteiger partial charge on any atom is -0.383 e. The van der Waals surface area contributed by atoms with Crippen molar-refractivity contribution in [1.82, 2.24) is 9.88 Å². The summed E-state index contributed by atoms with van der Waals surface area (Å²) in [6.07, 6.45) is 1.42. The average molecular weight is 283 g/mol. The number of hydrogen-bond acceptors (Lipinski definition) is 4. The summed E-state index contributed by atoms with van der Waals surface area (Å²) in [4.78, 5) is 17.9. The fourth-order valence-electron chi connectivity index (χ4n) is 1.87. The largest absolute Gasteiger partial charge is 0.383 e. The van der Waals surface area contributed by atoms with Crippen LogP contribution in [0.15, 0.2) is 12.3 Å². The van der Waals surface area contributed by atoms with Crippen LogP contribution in [-0.4, -0.2) is 49.6 Å². The molecule has 112 valence electrons. The van der Waals surface area contributed by atoms with Crippen LogP contribution >= 0.6 is 0 Å². The predicted molar refractivity (Wildman–Crippen MR) is 76.4 cm³/mol. The molecule has 0 saturated heterocycles. The first-order chi connectivity index (χ1) is 9.51. The molecule has 20 heavy (non-hydrogen) atoms. The first kappa shape index (κ1) is 16.4. The Morgan fingerprint density at radius 1 is 1.55 bits per heavy atom. The third kappa shape index (κ3) is 4.16. The van der Waals surface area contributed by atoms with Crippen molar-refractivity contribution in [2.45, 2.75) is 13.8 Å². The number of rotatable bonds is 7. The smallest absolute Gasteiger partial charge is 0.257 e. The Labute approximate surface area is 119 Å². The molecule has 0 aliphatic carbocycles. The number of anilines is 1. The van der Waals surface area contributed by atoms with E-state index in [4.69, 9.17) is 4.74 Å². The second kappa shape index (κ2) is 7.79. The summed E-state index contributed by atoms with van der Waals surface area (Å²) in [7, 11) is 3.14. The van der Waals surface area contributed by atoms with Crippen LogP contribution in [0.1, 0.15) is 24.2 Å². The van der Waals surface area contributed by atoms with E-state index >= 15 is 0 Å². The van der Waals surface area contributed by atoms with E-state index < -0.39 is 5.82 Å². The van der Waals surface area contributed by atoms with Crippen LogP contribution < -0.4 is 5.32 Å². The van der Waals surface area contributed by atoms with Crippen molar-refractivity contribution in [1.29, 1.82) is 0 Å². The van der Waals surface area contributed by atoms with Gasteiger partial charge in [-0.15, -0.1) is 0 Å². The highest BCUT2D eigenvalue weighted by Gasteiger charge is 2.21.